The van der Waals surface area contributed by atoms with Crippen molar-refractivity contribution in [3.63, 3.8) is 0 Å². The number of hydrogen-bond donors (Lipinski definition) is 2. The second-order valence-electron chi connectivity index (χ2n) is 4.31. The topological polar surface area (TPSA) is 54.1 Å². The van der Waals surface area contributed by atoms with Crippen LogP contribution in [-0.4, -0.2) is 30.6 Å². The lowest BCUT2D eigenvalue weighted by Gasteiger charge is -2.10. The SMILES string of the molecule is COC(=O)C(C)NCCc1c[nH]c2ccccc12. The van der Waals surface area contributed by atoms with Crippen LogP contribution in [0.2, 0.25) is 0 Å². The first-order valence-corrected chi connectivity index (χ1v) is 6.08. The molecule has 0 saturated heterocycles. The van der Waals surface area contributed by atoms with Gasteiger partial charge in [-0.25, -0.2) is 0 Å². The molecule has 4 nitrogen and oxygen atoms in total. The summed E-state index contributed by atoms with van der Waals surface area (Å²) >= 11 is 0. The molecule has 1 aromatic carbocycles. The third-order valence-electron chi connectivity index (χ3n) is 3.07. The first kappa shape index (κ1) is 12.6. The van der Waals surface area contributed by atoms with Gasteiger partial charge in [-0.15, -0.1) is 0 Å². The summed E-state index contributed by atoms with van der Waals surface area (Å²) in [5, 5.41) is 4.39. The van der Waals surface area contributed by atoms with Gasteiger partial charge in [-0.1, -0.05) is 18.2 Å². The maximum Gasteiger partial charge on any atom is 0.322 e. The Morgan fingerprint density at radius 2 is 2.22 bits per heavy atom. The third kappa shape index (κ3) is 2.71. The fourth-order valence-corrected chi connectivity index (χ4v) is 2.02. The van der Waals surface area contributed by atoms with E-state index in [0.717, 1.165) is 18.5 Å². The summed E-state index contributed by atoms with van der Waals surface area (Å²) in [4.78, 5) is 14.5. The summed E-state index contributed by atoms with van der Waals surface area (Å²) in [5.41, 5.74) is 2.41. The molecule has 0 saturated carbocycles. The third-order valence-corrected chi connectivity index (χ3v) is 3.07. The maximum absolute atomic E-state index is 11.2. The van der Waals surface area contributed by atoms with Crippen LogP contribution in [0.25, 0.3) is 10.9 Å². The number of rotatable bonds is 5. The van der Waals surface area contributed by atoms with Crippen LogP contribution in [0.1, 0.15) is 12.5 Å². The molecule has 1 unspecified atom stereocenters. The van der Waals surface area contributed by atoms with Gasteiger partial charge in [0.1, 0.15) is 6.04 Å². The van der Waals surface area contributed by atoms with Gasteiger partial charge in [-0.3, -0.25) is 4.79 Å². The summed E-state index contributed by atoms with van der Waals surface area (Å²) < 4.78 is 4.66. The van der Waals surface area contributed by atoms with Crippen LogP contribution in [0.5, 0.6) is 0 Å². The number of carbonyl (C=O) groups excluding carboxylic acids is 1. The highest BCUT2D eigenvalue weighted by Crippen LogP contribution is 2.17. The van der Waals surface area contributed by atoms with Gasteiger partial charge in [0, 0.05) is 23.6 Å². The molecule has 0 amide bonds. The lowest BCUT2D eigenvalue weighted by molar-refractivity contribution is -0.142. The number of aromatic amines is 1. The zero-order valence-corrected chi connectivity index (χ0v) is 10.7. The van der Waals surface area contributed by atoms with Crippen molar-refractivity contribution in [3.05, 3.63) is 36.0 Å². The van der Waals surface area contributed by atoms with E-state index < -0.39 is 0 Å². The van der Waals surface area contributed by atoms with E-state index in [2.05, 4.69) is 27.2 Å². The molecule has 18 heavy (non-hydrogen) atoms. The van der Waals surface area contributed by atoms with Crippen molar-refractivity contribution in [1.82, 2.24) is 10.3 Å². The Bertz CT molecular complexity index is 533. The Morgan fingerprint density at radius 3 is 3.00 bits per heavy atom. The summed E-state index contributed by atoms with van der Waals surface area (Å²) in [6.07, 6.45) is 2.90. The molecule has 0 spiro atoms. The Balaban J connectivity index is 1.93. The molecule has 4 heteroatoms. The van der Waals surface area contributed by atoms with Crippen molar-refractivity contribution in [2.75, 3.05) is 13.7 Å². The van der Waals surface area contributed by atoms with Crippen LogP contribution >= 0.6 is 0 Å². The molecule has 96 valence electrons. The Labute approximate surface area is 106 Å². The number of methoxy groups -OCH3 is 1. The molecule has 2 N–H and O–H groups in total. The van der Waals surface area contributed by atoms with Crippen molar-refractivity contribution in [2.24, 2.45) is 0 Å². The molecule has 0 aliphatic carbocycles. The zero-order valence-electron chi connectivity index (χ0n) is 10.7. The molecule has 1 heterocycles. The van der Waals surface area contributed by atoms with Crippen LogP contribution in [0.3, 0.4) is 0 Å². The molecule has 0 fully saturated rings. The van der Waals surface area contributed by atoms with E-state index in [1.54, 1.807) is 6.92 Å². The fourth-order valence-electron chi connectivity index (χ4n) is 2.02. The second-order valence-corrected chi connectivity index (χ2v) is 4.31. The molecular weight excluding hydrogens is 228 g/mol. The Kier molecular flexibility index (Phi) is 3.99. The zero-order chi connectivity index (χ0) is 13.0. The number of benzene rings is 1. The highest BCUT2D eigenvalue weighted by molar-refractivity contribution is 5.83. The number of nitrogens with one attached hydrogen (secondary N) is 2. The van der Waals surface area contributed by atoms with E-state index in [-0.39, 0.29) is 12.0 Å². The second kappa shape index (κ2) is 5.69. The van der Waals surface area contributed by atoms with Gasteiger partial charge in [-0.2, -0.15) is 0 Å². The van der Waals surface area contributed by atoms with Gasteiger partial charge in [0.05, 0.1) is 7.11 Å². The number of aromatic nitrogens is 1. The van der Waals surface area contributed by atoms with E-state index in [1.807, 2.05) is 18.3 Å². The van der Waals surface area contributed by atoms with E-state index in [4.69, 9.17) is 0 Å². The van der Waals surface area contributed by atoms with Gasteiger partial charge >= 0.3 is 5.97 Å². The monoisotopic (exact) mass is 246 g/mol. The molecule has 2 aromatic rings. The molecule has 0 aliphatic rings. The van der Waals surface area contributed by atoms with Crippen LogP contribution in [0, 0.1) is 0 Å². The fraction of sp³-hybridized carbons (Fsp3) is 0.357. The van der Waals surface area contributed by atoms with Crippen LogP contribution in [0.15, 0.2) is 30.5 Å². The first-order chi connectivity index (χ1) is 8.72. The Morgan fingerprint density at radius 1 is 1.44 bits per heavy atom. The maximum atomic E-state index is 11.2. The average Bonchev–Trinajstić information content (AvgIpc) is 2.81. The van der Waals surface area contributed by atoms with Crippen molar-refractivity contribution in [3.8, 4) is 0 Å². The van der Waals surface area contributed by atoms with Crippen LogP contribution in [-0.2, 0) is 16.0 Å². The van der Waals surface area contributed by atoms with E-state index in [9.17, 15) is 4.79 Å². The van der Waals surface area contributed by atoms with E-state index >= 15 is 0 Å². The number of para-hydroxylation sites is 1. The predicted octanol–water partition coefficient (Wildman–Crippen LogP) is 1.86. The average molecular weight is 246 g/mol. The summed E-state index contributed by atoms with van der Waals surface area (Å²) in [7, 11) is 1.40. The van der Waals surface area contributed by atoms with Gasteiger partial charge in [0.25, 0.3) is 0 Å². The smallest absolute Gasteiger partial charge is 0.322 e. The quantitative estimate of drug-likeness (QED) is 0.792. The molecule has 0 bridgehead atoms. The summed E-state index contributed by atoms with van der Waals surface area (Å²) in [6.45, 7) is 2.55. The summed E-state index contributed by atoms with van der Waals surface area (Å²) in [5.74, 6) is -0.228. The minimum atomic E-state index is -0.264. The minimum absolute atomic E-state index is 0.228. The van der Waals surface area contributed by atoms with Gasteiger partial charge in [0.15, 0.2) is 0 Å². The molecule has 1 aromatic heterocycles. The van der Waals surface area contributed by atoms with Crippen molar-refractivity contribution in [2.45, 2.75) is 19.4 Å². The first-order valence-electron chi connectivity index (χ1n) is 6.08. The van der Waals surface area contributed by atoms with Crippen LogP contribution < -0.4 is 5.32 Å². The number of ether oxygens (including phenoxy) is 1. The summed E-state index contributed by atoms with van der Waals surface area (Å²) in [6, 6.07) is 7.94. The molecule has 1 atom stereocenters. The standard InChI is InChI=1S/C14H18N2O2/c1-10(14(17)18-2)15-8-7-11-9-16-13-6-4-3-5-12(11)13/h3-6,9-10,15-16H,7-8H2,1-2H3. The van der Waals surface area contributed by atoms with Gasteiger partial charge < -0.3 is 15.0 Å². The number of H-pyrrole nitrogens is 1. The lowest BCUT2D eigenvalue weighted by atomic mass is 10.1. The highest BCUT2D eigenvalue weighted by Gasteiger charge is 2.11. The lowest BCUT2D eigenvalue weighted by Crippen LogP contribution is -2.35. The van der Waals surface area contributed by atoms with Crippen molar-refractivity contribution in [1.29, 1.82) is 0 Å². The molecular formula is C14H18N2O2. The van der Waals surface area contributed by atoms with Gasteiger partial charge in [-0.05, 0) is 25.0 Å². The minimum Gasteiger partial charge on any atom is -0.468 e. The van der Waals surface area contributed by atoms with Crippen molar-refractivity contribution < 1.29 is 9.53 Å². The number of hydrogen-bond acceptors (Lipinski definition) is 3. The van der Waals surface area contributed by atoms with Crippen LogP contribution in [0.4, 0.5) is 0 Å². The number of fused-ring (bicyclic) bond motifs is 1. The van der Waals surface area contributed by atoms with E-state index in [1.165, 1.54) is 18.1 Å². The van der Waals surface area contributed by atoms with Gasteiger partial charge in [0.2, 0.25) is 0 Å². The largest absolute Gasteiger partial charge is 0.468 e. The molecule has 0 radical (unpaired) electrons. The predicted molar refractivity (Wildman–Crippen MR) is 71.5 cm³/mol. The Hall–Kier alpha value is -1.81. The molecule has 2 rings (SSSR count). The normalized spacial score (nSPS) is 12.6. The number of esters is 1. The molecule has 0 aliphatic heterocycles. The van der Waals surface area contributed by atoms with Crippen molar-refractivity contribution >= 4 is 16.9 Å². The number of carbonyl (C=O) groups is 1. The van der Waals surface area contributed by atoms with E-state index in [0.29, 0.717) is 0 Å². The highest BCUT2D eigenvalue weighted by atomic mass is 16.5.